The molecule has 0 bridgehead atoms. The molecule has 0 spiro atoms. The molecule has 3 rings (SSSR count). The first kappa shape index (κ1) is 20.3. The Bertz CT molecular complexity index is 926. The topological polar surface area (TPSA) is 86.4 Å². The van der Waals surface area contributed by atoms with Crippen LogP contribution in [-0.4, -0.2) is 65.3 Å². The van der Waals surface area contributed by atoms with E-state index in [0.717, 1.165) is 29.1 Å². The van der Waals surface area contributed by atoms with Crippen LogP contribution in [0.15, 0.2) is 54.9 Å². The van der Waals surface area contributed by atoms with Gasteiger partial charge in [0.2, 0.25) is 0 Å². The van der Waals surface area contributed by atoms with Gasteiger partial charge in [-0.1, -0.05) is 12.1 Å². The molecule has 0 radical (unpaired) electrons. The fourth-order valence-corrected chi connectivity index (χ4v) is 2.82. The number of aromatic amines is 1. The summed E-state index contributed by atoms with van der Waals surface area (Å²) in [5.74, 6) is 1.24. The van der Waals surface area contributed by atoms with E-state index in [1.165, 1.54) is 0 Å². The Labute approximate surface area is 170 Å². The van der Waals surface area contributed by atoms with E-state index in [0.29, 0.717) is 18.9 Å². The smallest absolute Gasteiger partial charge is 0.323 e. The van der Waals surface area contributed by atoms with E-state index in [1.807, 2.05) is 61.5 Å². The average molecular weight is 394 g/mol. The lowest BCUT2D eigenvalue weighted by Crippen LogP contribution is -2.39. The highest BCUT2D eigenvalue weighted by Gasteiger charge is 2.16. The predicted octanol–water partition coefficient (Wildman–Crippen LogP) is 3.08. The van der Waals surface area contributed by atoms with Crippen LogP contribution in [0.2, 0.25) is 0 Å². The van der Waals surface area contributed by atoms with Crippen molar-refractivity contribution in [1.29, 1.82) is 0 Å². The predicted molar refractivity (Wildman–Crippen MR) is 113 cm³/mol. The minimum absolute atomic E-state index is 0.206. The number of aromatic nitrogens is 3. The molecule has 2 amide bonds. The maximum atomic E-state index is 12.9. The Balaban J connectivity index is 1.71. The molecule has 2 heterocycles. The van der Waals surface area contributed by atoms with Gasteiger partial charge in [0, 0.05) is 43.7 Å². The molecule has 0 unspecified atom stereocenters. The van der Waals surface area contributed by atoms with Crippen LogP contribution in [0, 0.1) is 0 Å². The number of methoxy groups -OCH3 is 1. The zero-order valence-electron chi connectivity index (χ0n) is 16.9. The van der Waals surface area contributed by atoms with Crippen molar-refractivity contribution < 1.29 is 9.53 Å². The quantitative estimate of drug-likeness (QED) is 0.613. The summed E-state index contributed by atoms with van der Waals surface area (Å²) >= 11 is 0. The van der Waals surface area contributed by atoms with Crippen LogP contribution in [0.4, 0.5) is 10.6 Å². The summed E-state index contributed by atoms with van der Waals surface area (Å²) in [4.78, 5) is 20.7. The molecule has 3 aromatic rings. The number of carbonyl (C=O) groups excluding carboxylic acids is 1. The third kappa shape index (κ3) is 5.79. The van der Waals surface area contributed by atoms with Crippen LogP contribution in [0.3, 0.4) is 0 Å². The summed E-state index contributed by atoms with van der Waals surface area (Å²) in [5.41, 5.74) is 2.77. The Morgan fingerprint density at radius 3 is 2.66 bits per heavy atom. The summed E-state index contributed by atoms with van der Waals surface area (Å²) in [6.45, 7) is 1.80. The number of H-pyrrole nitrogens is 1. The highest BCUT2D eigenvalue weighted by atomic mass is 16.5. The molecule has 1 aromatic carbocycles. The van der Waals surface area contributed by atoms with E-state index >= 15 is 0 Å². The number of ether oxygens (including phenoxy) is 1. The average Bonchev–Trinajstić information content (AvgIpc) is 3.20. The molecule has 0 saturated carbocycles. The Morgan fingerprint density at radius 2 is 1.93 bits per heavy atom. The molecular formula is C21H26N6O2. The van der Waals surface area contributed by atoms with Crippen LogP contribution in [0.25, 0.3) is 11.3 Å². The van der Waals surface area contributed by atoms with Crippen LogP contribution in [-0.2, 0) is 6.54 Å². The largest absolute Gasteiger partial charge is 0.497 e. The first-order chi connectivity index (χ1) is 14.0. The van der Waals surface area contributed by atoms with E-state index in [1.54, 1.807) is 24.4 Å². The van der Waals surface area contributed by atoms with Gasteiger partial charge in [-0.2, -0.15) is 5.10 Å². The van der Waals surface area contributed by atoms with Crippen LogP contribution >= 0.6 is 0 Å². The molecule has 2 N–H and O–H groups in total. The lowest BCUT2D eigenvalue weighted by atomic mass is 10.2. The molecule has 0 atom stereocenters. The normalized spacial score (nSPS) is 10.8. The number of nitrogens with zero attached hydrogens (tertiary/aromatic N) is 4. The van der Waals surface area contributed by atoms with Gasteiger partial charge >= 0.3 is 6.03 Å². The van der Waals surface area contributed by atoms with Crippen molar-refractivity contribution in [1.82, 2.24) is 25.0 Å². The summed E-state index contributed by atoms with van der Waals surface area (Å²) < 4.78 is 5.29. The molecule has 0 aliphatic rings. The maximum absolute atomic E-state index is 12.9. The SMILES string of the molecule is COc1cccc(CN(CCN(C)C)C(=O)Nc2cc(-c3ccncc3)[nH]n2)c1. The lowest BCUT2D eigenvalue weighted by molar-refractivity contribution is 0.202. The van der Waals surface area contributed by atoms with Crippen molar-refractivity contribution in [2.75, 3.05) is 39.6 Å². The number of rotatable bonds is 8. The van der Waals surface area contributed by atoms with Gasteiger partial charge in [-0.15, -0.1) is 0 Å². The van der Waals surface area contributed by atoms with Gasteiger partial charge in [-0.25, -0.2) is 4.79 Å². The number of carbonyl (C=O) groups is 1. The second kappa shape index (κ2) is 9.70. The number of anilines is 1. The van der Waals surface area contributed by atoms with Crippen molar-refractivity contribution in [2.24, 2.45) is 0 Å². The first-order valence-electron chi connectivity index (χ1n) is 9.34. The number of likely N-dealkylation sites (N-methyl/N-ethyl adjacent to an activating group) is 1. The summed E-state index contributed by atoms with van der Waals surface area (Å²) in [5, 5.41) is 10.0. The fraction of sp³-hybridized carbons (Fsp3) is 0.286. The third-order valence-electron chi connectivity index (χ3n) is 4.42. The molecule has 0 saturated heterocycles. The zero-order chi connectivity index (χ0) is 20.6. The van der Waals surface area contributed by atoms with Crippen molar-refractivity contribution >= 4 is 11.8 Å². The highest BCUT2D eigenvalue weighted by Crippen LogP contribution is 2.19. The summed E-state index contributed by atoms with van der Waals surface area (Å²) in [7, 11) is 5.60. The molecular weight excluding hydrogens is 368 g/mol. The van der Waals surface area contributed by atoms with Gasteiger partial charge in [0.05, 0.1) is 12.8 Å². The molecule has 2 aromatic heterocycles. The lowest BCUT2D eigenvalue weighted by Gasteiger charge is -2.24. The number of hydrogen-bond acceptors (Lipinski definition) is 5. The summed E-state index contributed by atoms with van der Waals surface area (Å²) in [6, 6.07) is 13.1. The van der Waals surface area contributed by atoms with Crippen molar-refractivity contribution in [3.8, 4) is 17.0 Å². The first-order valence-corrected chi connectivity index (χ1v) is 9.34. The number of pyridine rings is 1. The van der Waals surface area contributed by atoms with E-state index in [9.17, 15) is 4.79 Å². The van der Waals surface area contributed by atoms with E-state index in [-0.39, 0.29) is 6.03 Å². The fourth-order valence-electron chi connectivity index (χ4n) is 2.82. The van der Waals surface area contributed by atoms with Crippen LogP contribution in [0.5, 0.6) is 5.75 Å². The van der Waals surface area contributed by atoms with Crippen molar-refractivity contribution in [3.63, 3.8) is 0 Å². The molecule has 0 aliphatic carbocycles. The second-order valence-corrected chi connectivity index (χ2v) is 6.91. The maximum Gasteiger partial charge on any atom is 0.323 e. The van der Waals surface area contributed by atoms with E-state index in [4.69, 9.17) is 4.74 Å². The zero-order valence-corrected chi connectivity index (χ0v) is 16.9. The number of nitrogens with one attached hydrogen (secondary N) is 2. The highest BCUT2D eigenvalue weighted by molar-refractivity contribution is 5.89. The van der Waals surface area contributed by atoms with Gasteiger partial charge in [0.25, 0.3) is 0 Å². The van der Waals surface area contributed by atoms with Crippen LogP contribution < -0.4 is 10.1 Å². The standard InChI is InChI=1S/C21H26N6O2/c1-26(2)11-12-27(15-16-5-4-6-18(13-16)29-3)21(28)23-20-14-19(24-25-20)17-7-9-22-10-8-17/h4-10,13-14H,11-12,15H2,1-3H3,(H2,23,24,25,28). The Hall–Kier alpha value is -3.39. The third-order valence-corrected chi connectivity index (χ3v) is 4.42. The van der Waals surface area contributed by atoms with Crippen molar-refractivity contribution in [3.05, 3.63) is 60.4 Å². The molecule has 0 fully saturated rings. The minimum Gasteiger partial charge on any atom is -0.497 e. The second-order valence-electron chi connectivity index (χ2n) is 6.91. The van der Waals surface area contributed by atoms with Crippen molar-refractivity contribution in [2.45, 2.75) is 6.54 Å². The molecule has 8 heteroatoms. The van der Waals surface area contributed by atoms with E-state index in [2.05, 4.69) is 20.5 Å². The van der Waals surface area contributed by atoms with Gasteiger partial charge in [0.1, 0.15) is 5.75 Å². The van der Waals surface area contributed by atoms with Gasteiger partial charge < -0.3 is 14.5 Å². The monoisotopic (exact) mass is 394 g/mol. The van der Waals surface area contributed by atoms with E-state index < -0.39 is 0 Å². The molecule has 0 aliphatic heterocycles. The number of benzene rings is 1. The molecule has 152 valence electrons. The van der Waals surface area contributed by atoms with Gasteiger partial charge in [0.15, 0.2) is 5.82 Å². The van der Waals surface area contributed by atoms with Gasteiger partial charge in [-0.05, 0) is 43.9 Å². The number of urea groups is 1. The van der Waals surface area contributed by atoms with Gasteiger partial charge in [-0.3, -0.25) is 15.4 Å². The Morgan fingerprint density at radius 1 is 1.14 bits per heavy atom. The summed E-state index contributed by atoms with van der Waals surface area (Å²) in [6.07, 6.45) is 3.43. The molecule has 8 nitrogen and oxygen atoms in total. The number of hydrogen-bond donors (Lipinski definition) is 2. The Kier molecular flexibility index (Phi) is 6.80. The van der Waals surface area contributed by atoms with Crippen LogP contribution in [0.1, 0.15) is 5.56 Å². The minimum atomic E-state index is -0.206. The number of amides is 2. The molecule has 29 heavy (non-hydrogen) atoms.